The second-order valence-electron chi connectivity index (χ2n) is 3.51. The summed E-state index contributed by atoms with van der Waals surface area (Å²) in [5.41, 5.74) is 0.659. The zero-order chi connectivity index (χ0) is 12.4. The first-order chi connectivity index (χ1) is 8.13. The first-order valence-electron chi connectivity index (χ1n) is 5.16. The molecule has 1 aromatic heterocycles. The molecule has 0 atom stereocenters. The second-order valence-corrected chi connectivity index (χ2v) is 3.51. The van der Waals surface area contributed by atoms with Gasteiger partial charge in [0, 0.05) is 5.56 Å². The van der Waals surface area contributed by atoms with Gasteiger partial charge in [0.15, 0.2) is 11.6 Å². The topological polar surface area (TPSA) is 59.7 Å². The number of hydrogen-bond acceptors (Lipinski definition) is 4. The third-order valence-electron chi connectivity index (χ3n) is 2.37. The average Bonchev–Trinajstić information content (AvgIpc) is 2.68. The van der Waals surface area contributed by atoms with Gasteiger partial charge >= 0.3 is 5.97 Å². The number of esters is 1. The van der Waals surface area contributed by atoms with Crippen LogP contribution in [0.4, 0.5) is 4.39 Å². The van der Waals surface area contributed by atoms with Gasteiger partial charge in [-0.1, -0.05) is 0 Å². The van der Waals surface area contributed by atoms with E-state index in [9.17, 15) is 14.3 Å². The molecular formula is C12H11FO4. The molecule has 0 amide bonds. The van der Waals surface area contributed by atoms with E-state index in [-0.39, 0.29) is 18.4 Å². The summed E-state index contributed by atoms with van der Waals surface area (Å²) in [6.45, 7) is 1.96. The monoisotopic (exact) mass is 238 g/mol. The molecule has 0 aliphatic rings. The zero-order valence-electron chi connectivity index (χ0n) is 9.20. The number of halogens is 1. The molecule has 0 saturated heterocycles. The minimum Gasteiger partial charge on any atom is -0.505 e. The van der Waals surface area contributed by atoms with Crippen molar-refractivity contribution in [3.05, 3.63) is 29.8 Å². The van der Waals surface area contributed by atoms with E-state index in [1.54, 1.807) is 6.92 Å². The summed E-state index contributed by atoms with van der Waals surface area (Å²) >= 11 is 0. The van der Waals surface area contributed by atoms with Crippen molar-refractivity contribution >= 4 is 16.9 Å². The molecule has 0 radical (unpaired) electrons. The summed E-state index contributed by atoms with van der Waals surface area (Å²) in [5.74, 6) is -1.71. The lowest BCUT2D eigenvalue weighted by atomic mass is 10.1. The maximum absolute atomic E-state index is 13.7. The highest BCUT2D eigenvalue weighted by atomic mass is 19.1. The fourth-order valence-electron chi connectivity index (χ4n) is 1.64. The van der Waals surface area contributed by atoms with Crippen LogP contribution >= 0.6 is 0 Å². The highest BCUT2D eigenvalue weighted by Gasteiger charge is 2.16. The first kappa shape index (κ1) is 11.4. The number of ether oxygens (including phenoxy) is 1. The van der Waals surface area contributed by atoms with Crippen molar-refractivity contribution in [3.8, 4) is 5.75 Å². The molecule has 17 heavy (non-hydrogen) atoms. The highest BCUT2D eigenvalue weighted by molar-refractivity contribution is 5.87. The Bertz CT molecular complexity index is 559. The van der Waals surface area contributed by atoms with Crippen molar-refractivity contribution in [1.29, 1.82) is 0 Å². The average molecular weight is 238 g/mol. The number of rotatable bonds is 3. The molecule has 0 fully saturated rings. The second kappa shape index (κ2) is 4.45. The molecule has 0 spiro atoms. The normalized spacial score (nSPS) is 10.7. The highest BCUT2D eigenvalue weighted by Crippen LogP contribution is 2.30. The minimum absolute atomic E-state index is 0.0821. The molecule has 1 N–H and O–H groups in total. The van der Waals surface area contributed by atoms with Crippen molar-refractivity contribution in [2.24, 2.45) is 0 Å². The lowest BCUT2D eigenvalue weighted by Gasteiger charge is -2.01. The SMILES string of the molecule is CCOC(=O)Cc1coc2ccc(O)c(F)c12. The van der Waals surface area contributed by atoms with Gasteiger partial charge < -0.3 is 14.3 Å². The van der Waals surface area contributed by atoms with E-state index in [1.165, 1.54) is 18.4 Å². The fourth-order valence-corrected chi connectivity index (χ4v) is 1.64. The third-order valence-corrected chi connectivity index (χ3v) is 2.37. The van der Waals surface area contributed by atoms with E-state index in [4.69, 9.17) is 9.15 Å². The van der Waals surface area contributed by atoms with Crippen LogP contribution in [-0.2, 0) is 16.0 Å². The van der Waals surface area contributed by atoms with Crippen LogP contribution < -0.4 is 0 Å². The number of benzene rings is 1. The molecule has 0 aliphatic heterocycles. The van der Waals surface area contributed by atoms with E-state index in [1.807, 2.05) is 0 Å². The smallest absolute Gasteiger partial charge is 0.310 e. The van der Waals surface area contributed by atoms with Gasteiger partial charge in [-0.3, -0.25) is 4.79 Å². The van der Waals surface area contributed by atoms with Crippen LogP contribution in [0, 0.1) is 5.82 Å². The molecule has 0 unspecified atom stereocenters. The standard InChI is InChI=1S/C12H11FO4/c1-2-16-10(15)5-7-6-17-9-4-3-8(14)12(13)11(7)9/h3-4,6,14H,2,5H2,1H3. The molecule has 0 bridgehead atoms. The molecule has 2 aromatic rings. The number of aromatic hydroxyl groups is 1. The van der Waals surface area contributed by atoms with E-state index in [0.717, 1.165) is 0 Å². The fraction of sp³-hybridized carbons (Fsp3) is 0.250. The van der Waals surface area contributed by atoms with Gasteiger partial charge in [0.05, 0.1) is 24.7 Å². The Morgan fingerprint density at radius 3 is 3.00 bits per heavy atom. The van der Waals surface area contributed by atoms with Gasteiger partial charge in [-0.05, 0) is 19.1 Å². The number of carbonyl (C=O) groups excluding carboxylic acids is 1. The Kier molecular flexibility index (Phi) is 2.99. The lowest BCUT2D eigenvalue weighted by molar-refractivity contribution is -0.142. The number of hydrogen-bond donors (Lipinski definition) is 1. The third kappa shape index (κ3) is 2.08. The molecule has 4 nitrogen and oxygen atoms in total. The van der Waals surface area contributed by atoms with Crippen molar-refractivity contribution in [2.75, 3.05) is 6.61 Å². The zero-order valence-corrected chi connectivity index (χ0v) is 9.20. The maximum atomic E-state index is 13.7. The van der Waals surface area contributed by atoms with Gasteiger partial charge in [0.2, 0.25) is 0 Å². The summed E-state index contributed by atoms with van der Waals surface area (Å²) in [5, 5.41) is 9.39. The molecule has 90 valence electrons. The Labute approximate surface area is 96.6 Å². The van der Waals surface area contributed by atoms with Gasteiger partial charge in [-0.2, -0.15) is 0 Å². The number of fused-ring (bicyclic) bond motifs is 1. The molecule has 2 rings (SSSR count). The van der Waals surface area contributed by atoms with E-state index in [0.29, 0.717) is 11.1 Å². The molecule has 0 saturated carbocycles. The van der Waals surface area contributed by atoms with Gasteiger partial charge in [-0.25, -0.2) is 4.39 Å². The summed E-state index contributed by atoms with van der Waals surface area (Å²) in [7, 11) is 0. The van der Waals surface area contributed by atoms with Crippen LogP contribution in [0.25, 0.3) is 11.0 Å². The van der Waals surface area contributed by atoms with Crippen LogP contribution in [0.2, 0.25) is 0 Å². The van der Waals surface area contributed by atoms with Crippen molar-refractivity contribution in [1.82, 2.24) is 0 Å². The Morgan fingerprint density at radius 1 is 1.53 bits per heavy atom. The van der Waals surface area contributed by atoms with Crippen molar-refractivity contribution in [3.63, 3.8) is 0 Å². The predicted octanol–water partition coefficient (Wildman–Crippen LogP) is 2.38. The van der Waals surface area contributed by atoms with Gasteiger partial charge in [-0.15, -0.1) is 0 Å². The van der Waals surface area contributed by atoms with Crippen LogP contribution in [0.1, 0.15) is 12.5 Å². The molecular weight excluding hydrogens is 227 g/mol. The summed E-state index contributed by atoms with van der Waals surface area (Å²) < 4.78 is 23.5. The van der Waals surface area contributed by atoms with Crippen LogP contribution in [0.15, 0.2) is 22.8 Å². The molecule has 1 heterocycles. The molecule has 5 heteroatoms. The number of carbonyl (C=O) groups is 1. The number of phenolic OH excluding ortho intramolecular Hbond substituents is 1. The minimum atomic E-state index is -0.782. The van der Waals surface area contributed by atoms with Crippen LogP contribution in [-0.4, -0.2) is 17.7 Å². The first-order valence-corrected chi connectivity index (χ1v) is 5.16. The predicted molar refractivity (Wildman–Crippen MR) is 58.2 cm³/mol. The summed E-state index contributed by atoms with van der Waals surface area (Å²) in [4.78, 5) is 11.3. The molecule has 0 aliphatic carbocycles. The van der Waals surface area contributed by atoms with Crippen LogP contribution in [0.5, 0.6) is 5.75 Å². The lowest BCUT2D eigenvalue weighted by Crippen LogP contribution is -2.07. The van der Waals surface area contributed by atoms with Crippen molar-refractivity contribution < 1.29 is 23.4 Å². The van der Waals surface area contributed by atoms with Crippen molar-refractivity contribution in [2.45, 2.75) is 13.3 Å². The van der Waals surface area contributed by atoms with Gasteiger partial charge in [0.1, 0.15) is 5.58 Å². The Morgan fingerprint density at radius 2 is 2.29 bits per heavy atom. The summed E-state index contributed by atoms with van der Waals surface area (Å²) in [6.07, 6.45) is 1.21. The Hall–Kier alpha value is -2.04. The number of phenols is 1. The van der Waals surface area contributed by atoms with Gasteiger partial charge in [0.25, 0.3) is 0 Å². The number of furan rings is 1. The van der Waals surface area contributed by atoms with Crippen LogP contribution in [0.3, 0.4) is 0 Å². The largest absolute Gasteiger partial charge is 0.505 e. The van der Waals surface area contributed by atoms with E-state index >= 15 is 0 Å². The van der Waals surface area contributed by atoms with E-state index in [2.05, 4.69) is 0 Å². The molecule has 1 aromatic carbocycles. The summed E-state index contributed by atoms with van der Waals surface area (Å²) in [6, 6.07) is 2.65. The Balaban J connectivity index is 2.41. The quantitative estimate of drug-likeness (QED) is 0.834. The van der Waals surface area contributed by atoms with E-state index < -0.39 is 17.5 Å². The maximum Gasteiger partial charge on any atom is 0.310 e.